The molecule has 2 aromatic heterocycles. The highest BCUT2D eigenvalue weighted by Gasteiger charge is 2.21. The van der Waals surface area contributed by atoms with Gasteiger partial charge in [0.2, 0.25) is 5.95 Å². The number of carboxylic acid groups (broad SMARTS) is 1. The maximum Gasteiger partial charge on any atom is 0.290 e. The highest BCUT2D eigenvalue weighted by molar-refractivity contribution is 5.96. The molecule has 12 heteroatoms. The number of carbonyl (C=O) groups is 2. The Hall–Kier alpha value is -3.80. The summed E-state index contributed by atoms with van der Waals surface area (Å²) in [5.41, 5.74) is 12.8. The number of benzene rings is 1. The number of anilines is 3. The molecule has 0 radical (unpaired) electrons. The summed E-state index contributed by atoms with van der Waals surface area (Å²) >= 11 is 0. The lowest BCUT2D eigenvalue weighted by Gasteiger charge is -2.25. The standard InChI is InChI=1S/C20H27N9O.CH2O2/c1-20(2,10-21)11-23-19-25-18(16(17(22)30)26-27-19)24-13-6-7-15-12(8-13)9-29(28-15)14-4-3-5-14;2-1-3/h6-9,14H,3-5,10-11,21H2,1-2H3,(H2,22,30)(H2,23,24,25,27);1H,(H,2,3). The minimum Gasteiger partial charge on any atom is -0.483 e. The fraction of sp³-hybridized carbons (Fsp3) is 0.429. The molecule has 0 aliphatic heterocycles. The molecule has 1 amide bonds. The molecule has 7 N–H and O–H groups in total. The second-order valence-corrected chi connectivity index (χ2v) is 8.62. The Bertz CT molecular complexity index is 1130. The maximum atomic E-state index is 11.8. The van der Waals surface area contributed by atoms with Gasteiger partial charge in [-0.15, -0.1) is 10.2 Å². The number of carbonyl (C=O) groups excluding carboxylic acids is 1. The second-order valence-electron chi connectivity index (χ2n) is 8.62. The average molecular weight is 456 g/mol. The summed E-state index contributed by atoms with van der Waals surface area (Å²) in [7, 11) is 0. The second kappa shape index (κ2) is 10.2. The molecular weight excluding hydrogens is 426 g/mol. The molecule has 33 heavy (non-hydrogen) atoms. The lowest BCUT2D eigenvalue weighted by atomic mass is 9.93. The highest BCUT2D eigenvalue weighted by Crippen LogP contribution is 2.32. The third-order valence-corrected chi connectivity index (χ3v) is 5.43. The van der Waals surface area contributed by atoms with E-state index in [-0.39, 0.29) is 23.4 Å². The van der Waals surface area contributed by atoms with Gasteiger partial charge in [-0.1, -0.05) is 13.8 Å². The first-order valence-electron chi connectivity index (χ1n) is 10.6. The van der Waals surface area contributed by atoms with Crippen molar-refractivity contribution in [2.75, 3.05) is 23.7 Å². The number of amides is 1. The van der Waals surface area contributed by atoms with Crippen molar-refractivity contribution in [1.29, 1.82) is 0 Å². The Labute approximate surface area is 190 Å². The van der Waals surface area contributed by atoms with Gasteiger partial charge >= 0.3 is 0 Å². The normalized spacial score (nSPS) is 13.5. The van der Waals surface area contributed by atoms with Crippen molar-refractivity contribution in [2.24, 2.45) is 16.9 Å². The molecule has 2 heterocycles. The van der Waals surface area contributed by atoms with Crippen molar-refractivity contribution >= 4 is 40.7 Å². The first-order valence-corrected chi connectivity index (χ1v) is 10.6. The van der Waals surface area contributed by atoms with Gasteiger partial charge in [0.15, 0.2) is 11.5 Å². The van der Waals surface area contributed by atoms with Crippen LogP contribution in [-0.4, -0.2) is 55.5 Å². The Morgan fingerprint density at radius 1 is 1.33 bits per heavy atom. The van der Waals surface area contributed by atoms with E-state index in [0.29, 0.717) is 25.1 Å². The number of nitrogens with two attached hydrogens (primary N) is 2. The summed E-state index contributed by atoms with van der Waals surface area (Å²) in [6, 6.07) is 6.29. The third-order valence-electron chi connectivity index (χ3n) is 5.43. The van der Waals surface area contributed by atoms with E-state index in [2.05, 4.69) is 37.1 Å². The molecule has 1 saturated carbocycles. The van der Waals surface area contributed by atoms with E-state index in [0.717, 1.165) is 16.6 Å². The van der Waals surface area contributed by atoms with Gasteiger partial charge in [-0.05, 0) is 49.4 Å². The zero-order valence-electron chi connectivity index (χ0n) is 18.7. The number of hydrogen-bond acceptors (Lipinski definition) is 9. The smallest absolute Gasteiger partial charge is 0.290 e. The van der Waals surface area contributed by atoms with Crippen LogP contribution >= 0.6 is 0 Å². The fourth-order valence-corrected chi connectivity index (χ4v) is 3.14. The van der Waals surface area contributed by atoms with E-state index < -0.39 is 5.91 Å². The number of rotatable bonds is 8. The zero-order chi connectivity index (χ0) is 24.0. The summed E-state index contributed by atoms with van der Waals surface area (Å²) in [6.07, 6.45) is 5.65. The average Bonchev–Trinajstić information content (AvgIpc) is 3.14. The van der Waals surface area contributed by atoms with Gasteiger partial charge in [0.1, 0.15) is 0 Å². The molecule has 1 fully saturated rings. The largest absolute Gasteiger partial charge is 0.483 e. The van der Waals surface area contributed by atoms with E-state index in [1.807, 2.05) is 36.7 Å². The van der Waals surface area contributed by atoms with E-state index >= 15 is 0 Å². The van der Waals surface area contributed by atoms with E-state index in [9.17, 15) is 4.79 Å². The van der Waals surface area contributed by atoms with Crippen LogP contribution in [0.1, 0.15) is 49.6 Å². The summed E-state index contributed by atoms with van der Waals surface area (Å²) in [6.45, 7) is 4.88. The summed E-state index contributed by atoms with van der Waals surface area (Å²) in [5.74, 6) is -0.163. The van der Waals surface area contributed by atoms with Crippen molar-refractivity contribution in [3.8, 4) is 0 Å². The topological polar surface area (TPSA) is 187 Å². The molecule has 4 rings (SSSR count). The molecule has 0 bridgehead atoms. The van der Waals surface area contributed by atoms with Crippen LogP contribution in [0, 0.1) is 5.41 Å². The molecule has 1 aliphatic carbocycles. The van der Waals surface area contributed by atoms with Gasteiger partial charge in [0, 0.05) is 23.8 Å². The van der Waals surface area contributed by atoms with Gasteiger partial charge < -0.3 is 27.2 Å². The van der Waals surface area contributed by atoms with E-state index in [1.54, 1.807) is 0 Å². The Morgan fingerprint density at radius 2 is 2.06 bits per heavy atom. The molecule has 0 atom stereocenters. The molecule has 12 nitrogen and oxygen atoms in total. The minimum absolute atomic E-state index is 0.0242. The highest BCUT2D eigenvalue weighted by atomic mass is 16.3. The molecule has 1 aliphatic rings. The fourth-order valence-electron chi connectivity index (χ4n) is 3.14. The number of nitrogens with zero attached hydrogens (tertiary/aromatic N) is 5. The van der Waals surface area contributed by atoms with Crippen LogP contribution < -0.4 is 22.1 Å². The first-order chi connectivity index (χ1) is 15.8. The summed E-state index contributed by atoms with van der Waals surface area (Å²) in [5, 5.41) is 26.7. The van der Waals surface area contributed by atoms with Gasteiger partial charge in [0.05, 0.1) is 11.6 Å². The summed E-state index contributed by atoms with van der Waals surface area (Å²) in [4.78, 5) is 24.6. The lowest BCUT2D eigenvalue weighted by molar-refractivity contribution is -0.122. The molecule has 0 spiro atoms. The van der Waals surface area contributed by atoms with Crippen LogP contribution in [-0.2, 0) is 4.79 Å². The monoisotopic (exact) mass is 455 g/mol. The van der Waals surface area contributed by atoms with Gasteiger partial charge in [-0.25, -0.2) is 0 Å². The van der Waals surface area contributed by atoms with Crippen LogP contribution in [0.3, 0.4) is 0 Å². The van der Waals surface area contributed by atoms with Crippen molar-refractivity contribution in [2.45, 2.75) is 39.2 Å². The number of primary amides is 1. The van der Waals surface area contributed by atoms with E-state index in [1.165, 1.54) is 19.3 Å². The van der Waals surface area contributed by atoms with Crippen LogP contribution in [0.25, 0.3) is 10.9 Å². The Kier molecular flexibility index (Phi) is 7.38. The zero-order valence-corrected chi connectivity index (χ0v) is 18.7. The number of fused-ring (bicyclic) bond motifs is 1. The first kappa shape index (κ1) is 23.9. The number of aromatic nitrogens is 5. The minimum atomic E-state index is -0.704. The third kappa shape index (κ3) is 5.92. The predicted molar refractivity (Wildman–Crippen MR) is 124 cm³/mol. The van der Waals surface area contributed by atoms with Crippen molar-refractivity contribution in [3.63, 3.8) is 0 Å². The van der Waals surface area contributed by atoms with Gasteiger partial charge in [-0.3, -0.25) is 14.3 Å². The lowest BCUT2D eigenvalue weighted by Crippen LogP contribution is -2.32. The van der Waals surface area contributed by atoms with Gasteiger partial charge in [-0.2, -0.15) is 10.1 Å². The van der Waals surface area contributed by atoms with Crippen LogP contribution in [0.15, 0.2) is 24.4 Å². The van der Waals surface area contributed by atoms with Crippen LogP contribution in [0.4, 0.5) is 17.5 Å². The SMILES string of the molecule is CC(C)(CN)CNc1nnc(C(N)=O)c(Nc2ccc3nn(C4CCC4)cc3c2)n1.O=CO. The number of hydrogen-bond donors (Lipinski definition) is 5. The molecule has 3 aromatic rings. The Balaban J connectivity index is 0.000000968. The quantitative estimate of drug-likeness (QED) is 0.314. The Morgan fingerprint density at radius 3 is 2.67 bits per heavy atom. The van der Waals surface area contributed by atoms with Crippen LogP contribution in [0.5, 0.6) is 0 Å². The van der Waals surface area contributed by atoms with Crippen molar-refractivity contribution in [1.82, 2.24) is 25.0 Å². The number of nitrogens with one attached hydrogen (secondary N) is 2. The predicted octanol–water partition coefficient (Wildman–Crippen LogP) is 1.89. The molecule has 0 saturated heterocycles. The molecule has 176 valence electrons. The molecular formula is C21H29N9O3. The molecule has 0 unspecified atom stereocenters. The van der Waals surface area contributed by atoms with E-state index in [4.69, 9.17) is 21.4 Å². The maximum absolute atomic E-state index is 11.8. The summed E-state index contributed by atoms with van der Waals surface area (Å²) < 4.78 is 2.04. The van der Waals surface area contributed by atoms with Crippen molar-refractivity contribution < 1.29 is 14.7 Å². The van der Waals surface area contributed by atoms with Crippen molar-refractivity contribution in [3.05, 3.63) is 30.1 Å². The van der Waals surface area contributed by atoms with Gasteiger partial charge in [0.25, 0.3) is 12.4 Å². The van der Waals surface area contributed by atoms with Crippen LogP contribution in [0.2, 0.25) is 0 Å². The molecule has 1 aromatic carbocycles.